The summed E-state index contributed by atoms with van der Waals surface area (Å²) in [5, 5.41) is 14.1. The molecule has 0 unspecified atom stereocenters. The first-order chi connectivity index (χ1) is 19.5. The highest BCUT2D eigenvalue weighted by atomic mass is 19.1. The van der Waals surface area contributed by atoms with Gasteiger partial charge in [-0.25, -0.2) is 9.07 Å². The van der Waals surface area contributed by atoms with Gasteiger partial charge in [0.25, 0.3) is 5.56 Å². The first-order valence-corrected chi connectivity index (χ1v) is 13.9. The summed E-state index contributed by atoms with van der Waals surface area (Å²) >= 11 is 0. The van der Waals surface area contributed by atoms with Gasteiger partial charge in [0.05, 0.1) is 24.4 Å². The molecule has 1 fully saturated rings. The highest BCUT2D eigenvalue weighted by Crippen LogP contribution is 2.35. The zero-order valence-corrected chi connectivity index (χ0v) is 22.8. The van der Waals surface area contributed by atoms with Crippen LogP contribution in [0, 0.1) is 19.7 Å². The quantitative estimate of drug-likeness (QED) is 0.253. The number of halogens is 1. The number of furan rings is 1. The van der Waals surface area contributed by atoms with E-state index in [4.69, 9.17) is 4.42 Å². The van der Waals surface area contributed by atoms with Crippen LogP contribution < -0.4 is 5.56 Å². The number of H-pyrrole nitrogens is 1. The van der Waals surface area contributed by atoms with E-state index in [1.165, 1.54) is 18.6 Å². The van der Waals surface area contributed by atoms with Crippen molar-refractivity contribution in [3.63, 3.8) is 0 Å². The van der Waals surface area contributed by atoms with Crippen molar-refractivity contribution in [3.05, 3.63) is 111 Å². The van der Waals surface area contributed by atoms with Gasteiger partial charge >= 0.3 is 0 Å². The van der Waals surface area contributed by atoms with E-state index in [9.17, 15) is 9.18 Å². The predicted octanol–water partition coefficient (Wildman–Crippen LogP) is 6.16. The van der Waals surface area contributed by atoms with Gasteiger partial charge in [-0.1, -0.05) is 43.5 Å². The molecule has 1 N–H and O–H groups in total. The van der Waals surface area contributed by atoms with Gasteiger partial charge in [0, 0.05) is 17.5 Å². The standard InChI is InChI=1S/C31H33FN6O2/c1-20-10-11-21(2)28-26(20)17-27(31(39)33-28)29(30-34-35-36-38(30)24-7-4-3-5-8-24)37(19-25-9-6-16-40-25)18-22-12-14-23(32)15-13-22/h6,9-17,24,29H,3-5,7-8,18-19H2,1-2H3,(H,33,39)/t29-/m1/s1. The van der Waals surface area contributed by atoms with Crippen LogP contribution in [-0.4, -0.2) is 30.1 Å². The molecule has 40 heavy (non-hydrogen) atoms. The lowest BCUT2D eigenvalue weighted by molar-refractivity contribution is 0.173. The second-order valence-electron chi connectivity index (χ2n) is 10.8. The fourth-order valence-electron chi connectivity index (χ4n) is 5.93. The zero-order valence-electron chi connectivity index (χ0n) is 22.8. The fraction of sp³-hybridized carbons (Fsp3) is 0.355. The van der Waals surface area contributed by atoms with E-state index in [0.717, 1.165) is 59.0 Å². The lowest BCUT2D eigenvalue weighted by atomic mass is 9.94. The minimum absolute atomic E-state index is 0.168. The van der Waals surface area contributed by atoms with Crippen molar-refractivity contribution in [2.24, 2.45) is 0 Å². The molecule has 2 aromatic carbocycles. The van der Waals surface area contributed by atoms with Crippen molar-refractivity contribution >= 4 is 10.9 Å². The lowest BCUT2D eigenvalue weighted by Gasteiger charge is -2.32. The molecule has 3 heterocycles. The molecule has 1 aliphatic carbocycles. The maximum atomic E-state index is 13.9. The minimum Gasteiger partial charge on any atom is -0.468 e. The third-order valence-corrected chi connectivity index (χ3v) is 8.05. The van der Waals surface area contributed by atoms with E-state index in [1.807, 2.05) is 42.8 Å². The molecule has 0 amide bonds. The first-order valence-electron chi connectivity index (χ1n) is 13.9. The molecular formula is C31H33FN6O2. The highest BCUT2D eigenvalue weighted by molar-refractivity contribution is 5.85. The number of benzene rings is 2. The van der Waals surface area contributed by atoms with E-state index >= 15 is 0 Å². The first kappa shape index (κ1) is 26.1. The topological polar surface area (TPSA) is 92.8 Å². The number of nitrogens with zero attached hydrogens (tertiary/aromatic N) is 5. The maximum Gasteiger partial charge on any atom is 0.253 e. The minimum atomic E-state index is -0.583. The van der Waals surface area contributed by atoms with Crippen LogP contribution in [0.5, 0.6) is 0 Å². The molecule has 9 heteroatoms. The number of aryl methyl sites for hydroxylation is 2. The van der Waals surface area contributed by atoms with Gasteiger partial charge in [0.1, 0.15) is 17.6 Å². The molecule has 206 valence electrons. The van der Waals surface area contributed by atoms with Gasteiger partial charge in [-0.2, -0.15) is 0 Å². The van der Waals surface area contributed by atoms with E-state index < -0.39 is 6.04 Å². The Morgan fingerprint density at radius 1 is 1.05 bits per heavy atom. The molecule has 8 nitrogen and oxygen atoms in total. The zero-order chi connectivity index (χ0) is 27.6. The third-order valence-electron chi connectivity index (χ3n) is 8.05. The molecular weight excluding hydrogens is 507 g/mol. The molecule has 0 spiro atoms. The van der Waals surface area contributed by atoms with Gasteiger partial charge in [-0.3, -0.25) is 9.69 Å². The molecule has 0 saturated heterocycles. The molecule has 0 bridgehead atoms. The Labute approximate surface area is 231 Å². The second kappa shape index (κ2) is 11.2. The van der Waals surface area contributed by atoms with Gasteiger partial charge in [0.2, 0.25) is 0 Å². The number of nitrogens with one attached hydrogen (secondary N) is 1. The van der Waals surface area contributed by atoms with Crippen molar-refractivity contribution in [2.75, 3.05) is 0 Å². The van der Waals surface area contributed by atoms with Crippen LogP contribution in [0.2, 0.25) is 0 Å². The summed E-state index contributed by atoms with van der Waals surface area (Å²) in [7, 11) is 0. The molecule has 3 aromatic heterocycles. The smallest absolute Gasteiger partial charge is 0.253 e. The third kappa shape index (κ3) is 5.21. The number of hydrogen-bond acceptors (Lipinski definition) is 6. The van der Waals surface area contributed by atoms with E-state index in [1.54, 1.807) is 18.4 Å². The van der Waals surface area contributed by atoms with Crippen LogP contribution in [0.1, 0.15) is 78.0 Å². The Morgan fingerprint density at radius 2 is 1.82 bits per heavy atom. The Bertz CT molecular complexity index is 1650. The monoisotopic (exact) mass is 540 g/mol. The van der Waals surface area contributed by atoms with Gasteiger partial charge < -0.3 is 9.40 Å². The Morgan fingerprint density at radius 3 is 2.58 bits per heavy atom. The average molecular weight is 541 g/mol. The van der Waals surface area contributed by atoms with Crippen molar-refractivity contribution in [3.8, 4) is 0 Å². The number of aromatic nitrogens is 5. The van der Waals surface area contributed by atoms with E-state index in [-0.39, 0.29) is 17.4 Å². The molecule has 1 atom stereocenters. The Balaban J connectivity index is 1.55. The van der Waals surface area contributed by atoms with E-state index in [2.05, 4.69) is 31.5 Å². The van der Waals surface area contributed by atoms with Crippen LogP contribution in [-0.2, 0) is 13.1 Å². The number of aromatic amines is 1. The van der Waals surface area contributed by atoms with Crippen LogP contribution in [0.25, 0.3) is 10.9 Å². The summed E-state index contributed by atoms with van der Waals surface area (Å²) in [5.74, 6) is 1.07. The SMILES string of the molecule is Cc1ccc(C)c2[nH]c(=O)c([C@H](c3nnnn3C3CCCCC3)N(Cc3ccc(F)cc3)Cc3ccco3)cc12. The van der Waals surface area contributed by atoms with Crippen molar-refractivity contribution in [1.82, 2.24) is 30.1 Å². The van der Waals surface area contributed by atoms with Gasteiger partial charge in [0.15, 0.2) is 5.82 Å². The number of pyridine rings is 1. The summed E-state index contributed by atoms with van der Waals surface area (Å²) in [4.78, 5) is 19.2. The van der Waals surface area contributed by atoms with Crippen molar-refractivity contribution in [1.29, 1.82) is 0 Å². The molecule has 5 aromatic rings. The lowest BCUT2D eigenvalue weighted by Crippen LogP contribution is -2.35. The van der Waals surface area contributed by atoms with Crippen LogP contribution in [0.15, 0.2) is 70.1 Å². The van der Waals surface area contributed by atoms with Crippen LogP contribution in [0.4, 0.5) is 4.39 Å². The number of tetrazole rings is 1. The van der Waals surface area contributed by atoms with Gasteiger partial charge in [-0.05, 0) is 84.1 Å². The van der Waals surface area contributed by atoms with Crippen LogP contribution >= 0.6 is 0 Å². The highest BCUT2D eigenvalue weighted by Gasteiger charge is 2.33. The number of fused-ring (bicyclic) bond motifs is 1. The van der Waals surface area contributed by atoms with Gasteiger partial charge in [-0.15, -0.1) is 5.10 Å². The Hall–Kier alpha value is -4.11. The number of hydrogen-bond donors (Lipinski definition) is 1. The molecule has 0 aliphatic heterocycles. The molecule has 1 aliphatic rings. The molecule has 0 radical (unpaired) electrons. The second-order valence-corrected chi connectivity index (χ2v) is 10.8. The fourth-order valence-corrected chi connectivity index (χ4v) is 5.93. The summed E-state index contributed by atoms with van der Waals surface area (Å²) in [6.07, 6.45) is 7.07. The maximum absolute atomic E-state index is 13.9. The molecule has 6 rings (SSSR count). The summed E-state index contributed by atoms with van der Waals surface area (Å²) in [6.45, 7) is 4.87. The van der Waals surface area contributed by atoms with Crippen LogP contribution in [0.3, 0.4) is 0 Å². The molecule has 1 saturated carbocycles. The normalized spacial score (nSPS) is 15.2. The van der Waals surface area contributed by atoms with Crippen molar-refractivity contribution in [2.45, 2.75) is 71.1 Å². The Kier molecular flexibility index (Phi) is 7.30. The largest absolute Gasteiger partial charge is 0.468 e. The number of rotatable bonds is 8. The van der Waals surface area contributed by atoms with Crippen molar-refractivity contribution < 1.29 is 8.81 Å². The average Bonchev–Trinajstić information content (AvgIpc) is 3.66. The summed E-state index contributed by atoms with van der Waals surface area (Å²) in [6, 6.07) is 15.9. The van der Waals surface area contributed by atoms with E-state index in [0.29, 0.717) is 24.5 Å². The predicted molar refractivity (Wildman–Crippen MR) is 150 cm³/mol. The summed E-state index contributed by atoms with van der Waals surface area (Å²) < 4.78 is 21.5. The summed E-state index contributed by atoms with van der Waals surface area (Å²) in [5.41, 5.74) is 4.18.